The lowest BCUT2D eigenvalue weighted by molar-refractivity contribution is 0.564. The standard InChI is InChI=1S/C28H20N6O5.H2O/c1-5-29-20-9-6-12-23(17(20)2)32-26(37)33(24-13-7-10-21(18(24)3)30-15-35)28(39)34(27(32)38)25-14-8-11-22(19(25)4)31-16-36;/h6-14H,1H2,2-4H3;1H2. The van der Waals surface area contributed by atoms with Gasteiger partial charge in [-0.25, -0.2) is 42.7 Å². The van der Waals surface area contributed by atoms with E-state index in [2.05, 4.69) is 27.4 Å². The highest BCUT2D eigenvalue weighted by molar-refractivity contribution is 5.64. The van der Waals surface area contributed by atoms with Gasteiger partial charge in [0.05, 0.1) is 34.1 Å². The van der Waals surface area contributed by atoms with Crippen LogP contribution in [0.1, 0.15) is 16.7 Å². The quantitative estimate of drug-likeness (QED) is 0.271. The normalized spacial score (nSPS) is 9.97. The molecular weight excluding hydrogens is 516 g/mol. The van der Waals surface area contributed by atoms with Gasteiger partial charge in [0, 0.05) is 0 Å². The first-order valence-electron chi connectivity index (χ1n) is 11.5. The molecule has 0 spiro atoms. The van der Waals surface area contributed by atoms with E-state index in [-0.39, 0.29) is 33.9 Å². The maximum absolute atomic E-state index is 14.0. The van der Waals surface area contributed by atoms with Crippen LogP contribution in [0, 0.1) is 20.8 Å². The van der Waals surface area contributed by atoms with Gasteiger partial charge in [0.25, 0.3) is 0 Å². The fourth-order valence-corrected chi connectivity index (χ4v) is 4.27. The summed E-state index contributed by atoms with van der Waals surface area (Å²) in [6.07, 6.45) is 2.91. The van der Waals surface area contributed by atoms with E-state index in [1.165, 1.54) is 48.6 Å². The summed E-state index contributed by atoms with van der Waals surface area (Å²) in [5.41, 5.74) is -0.629. The Labute approximate surface area is 226 Å². The van der Waals surface area contributed by atoms with Crippen LogP contribution in [-0.4, -0.2) is 37.2 Å². The van der Waals surface area contributed by atoms with Gasteiger partial charge in [0.2, 0.25) is 12.2 Å². The molecule has 0 bridgehead atoms. The molecule has 0 radical (unpaired) electrons. The third kappa shape index (κ3) is 4.77. The van der Waals surface area contributed by atoms with Crippen molar-refractivity contribution in [1.82, 2.24) is 13.7 Å². The lowest BCUT2D eigenvalue weighted by Crippen LogP contribution is -2.53. The number of isocyanates is 2. The van der Waals surface area contributed by atoms with E-state index in [0.29, 0.717) is 22.4 Å². The SMILES string of the molecule is C=C=Nc1cccc(-n2c(=O)n(-c3cccc(N=C=O)c3C)c(=O)n(-c3cccc(N=C=O)c3C)c2=O)c1C.O. The first kappa shape index (κ1) is 28.8. The minimum atomic E-state index is -0.982. The molecule has 4 rings (SSSR count). The highest BCUT2D eigenvalue weighted by atomic mass is 16.2. The summed E-state index contributed by atoms with van der Waals surface area (Å²) in [5.74, 6) is 2.43. The van der Waals surface area contributed by atoms with Gasteiger partial charge in [-0.1, -0.05) is 18.2 Å². The molecule has 0 aliphatic rings. The lowest BCUT2D eigenvalue weighted by atomic mass is 10.1. The van der Waals surface area contributed by atoms with Crippen molar-refractivity contribution >= 4 is 35.1 Å². The van der Waals surface area contributed by atoms with Crippen molar-refractivity contribution in [2.24, 2.45) is 15.0 Å². The second kappa shape index (κ2) is 11.7. The van der Waals surface area contributed by atoms with E-state index >= 15 is 0 Å². The van der Waals surface area contributed by atoms with Crippen molar-refractivity contribution < 1.29 is 15.1 Å². The molecule has 200 valence electrons. The zero-order chi connectivity index (χ0) is 28.3. The molecule has 0 aliphatic carbocycles. The molecule has 40 heavy (non-hydrogen) atoms. The van der Waals surface area contributed by atoms with Crippen LogP contribution in [0.3, 0.4) is 0 Å². The fraction of sp³-hybridized carbons (Fsp3) is 0.107. The second-order valence-electron chi connectivity index (χ2n) is 8.29. The molecule has 1 aromatic heterocycles. The summed E-state index contributed by atoms with van der Waals surface area (Å²) >= 11 is 0. The summed E-state index contributed by atoms with van der Waals surface area (Å²) in [7, 11) is 0. The molecule has 0 aliphatic heterocycles. The molecule has 0 fully saturated rings. The van der Waals surface area contributed by atoms with Gasteiger partial charge < -0.3 is 5.48 Å². The van der Waals surface area contributed by atoms with Gasteiger partial charge in [0.15, 0.2) is 0 Å². The number of hydrogen-bond donors (Lipinski definition) is 0. The van der Waals surface area contributed by atoms with Crippen molar-refractivity contribution in [2.75, 3.05) is 0 Å². The first-order chi connectivity index (χ1) is 18.8. The predicted octanol–water partition coefficient (Wildman–Crippen LogP) is 2.66. The van der Waals surface area contributed by atoms with Gasteiger partial charge in [-0.2, -0.15) is 9.98 Å². The van der Waals surface area contributed by atoms with Gasteiger partial charge >= 0.3 is 17.1 Å². The maximum atomic E-state index is 14.0. The number of aliphatic imine (C=N–C) groups is 3. The molecule has 0 atom stereocenters. The third-order valence-electron chi connectivity index (χ3n) is 6.23. The molecule has 4 aromatic rings. The maximum Gasteiger partial charge on any atom is 0.345 e. The van der Waals surface area contributed by atoms with Crippen LogP contribution in [0.15, 0.2) is 90.5 Å². The molecular formula is C28H22N6O6. The molecule has 1 heterocycles. The summed E-state index contributed by atoms with van der Waals surface area (Å²) in [5, 5.41) is 0. The molecule has 12 heteroatoms. The molecule has 12 nitrogen and oxygen atoms in total. The molecule has 0 saturated carbocycles. The Hall–Kier alpha value is -5.76. The van der Waals surface area contributed by atoms with Crippen molar-refractivity contribution in [3.8, 4) is 17.1 Å². The minimum absolute atomic E-state index is 0. The van der Waals surface area contributed by atoms with Crippen LogP contribution in [0.5, 0.6) is 0 Å². The Kier molecular flexibility index (Phi) is 8.46. The number of rotatable bonds is 6. The minimum Gasteiger partial charge on any atom is -0.412 e. The van der Waals surface area contributed by atoms with Crippen molar-refractivity contribution in [2.45, 2.75) is 20.8 Å². The van der Waals surface area contributed by atoms with E-state index < -0.39 is 17.1 Å². The van der Waals surface area contributed by atoms with Crippen LogP contribution in [-0.2, 0) is 9.59 Å². The Balaban J connectivity index is 0.00000441. The summed E-state index contributed by atoms with van der Waals surface area (Å²) < 4.78 is 2.49. The van der Waals surface area contributed by atoms with Gasteiger partial charge in [0.1, 0.15) is 0 Å². The topological polar surface area (TPSA) is 169 Å². The molecule has 0 saturated heterocycles. The molecule has 3 aromatic carbocycles. The Morgan fingerprint density at radius 1 is 0.575 bits per heavy atom. The van der Waals surface area contributed by atoms with Crippen molar-refractivity contribution in [3.05, 3.63) is 109 Å². The van der Waals surface area contributed by atoms with Crippen LogP contribution in [0.25, 0.3) is 17.1 Å². The number of benzene rings is 3. The predicted molar refractivity (Wildman–Crippen MR) is 149 cm³/mol. The van der Waals surface area contributed by atoms with Gasteiger partial charge in [-0.3, -0.25) is 0 Å². The number of aromatic nitrogens is 3. The average Bonchev–Trinajstić information content (AvgIpc) is 2.90. The van der Waals surface area contributed by atoms with Crippen molar-refractivity contribution in [1.29, 1.82) is 0 Å². The van der Waals surface area contributed by atoms with Crippen LogP contribution >= 0.6 is 0 Å². The van der Waals surface area contributed by atoms with E-state index in [1.807, 2.05) is 0 Å². The molecule has 0 amide bonds. The van der Waals surface area contributed by atoms with E-state index in [4.69, 9.17) is 0 Å². The largest absolute Gasteiger partial charge is 0.412 e. The van der Waals surface area contributed by atoms with Crippen LogP contribution < -0.4 is 17.1 Å². The Morgan fingerprint density at radius 3 is 1.15 bits per heavy atom. The number of nitrogens with zero attached hydrogens (tertiary/aromatic N) is 6. The van der Waals surface area contributed by atoms with Gasteiger partial charge in [-0.05, 0) is 86.3 Å². The second-order valence-corrected chi connectivity index (χ2v) is 8.29. The van der Waals surface area contributed by atoms with Gasteiger partial charge in [-0.15, -0.1) is 0 Å². The monoisotopic (exact) mass is 538 g/mol. The van der Waals surface area contributed by atoms with E-state index in [1.54, 1.807) is 39.0 Å². The first-order valence-corrected chi connectivity index (χ1v) is 11.5. The summed E-state index contributed by atoms with van der Waals surface area (Å²) in [6.45, 7) is 8.29. The Morgan fingerprint density at radius 2 is 0.875 bits per heavy atom. The smallest absolute Gasteiger partial charge is 0.345 e. The Bertz CT molecular complexity index is 1720. The molecule has 0 unspecified atom stereocenters. The highest BCUT2D eigenvalue weighted by Crippen LogP contribution is 2.26. The highest BCUT2D eigenvalue weighted by Gasteiger charge is 2.23. The summed E-state index contributed by atoms with van der Waals surface area (Å²) in [6, 6.07) is 13.9. The third-order valence-corrected chi connectivity index (χ3v) is 6.23. The molecule has 2 N–H and O–H groups in total. The van der Waals surface area contributed by atoms with Crippen molar-refractivity contribution in [3.63, 3.8) is 0 Å². The average molecular weight is 539 g/mol. The zero-order valence-electron chi connectivity index (χ0n) is 21.6. The summed E-state index contributed by atoms with van der Waals surface area (Å²) in [4.78, 5) is 75.2. The van der Waals surface area contributed by atoms with Crippen LogP contribution in [0.2, 0.25) is 0 Å². The number of carbonyl (C=O) groups excluding carboxylic acids is 2. The van der Waals surface area contributed by atoms with Crippen LogP contribution in [0.4, 0.5) is 17.1 Å². The van der Waals surface area contributed by atoms with E-state index in [9.17, 15) is 24.0 Å². The zero-order valence-corrected chi connectivity index (χ0v) is 21.6. The fourth-order valence-electron chi connectivity index (χ4n) is 4.27. The van der Waals surface area contributed by atoms with E-state index in [0.717, 1.165) is 13.7 Å². The lowest BCUT2D eigenvalue weighted by Gasteiger charge is -2.18. The number of hydrogen-bond acceptors (Lipinski definition) is 8.